The van der Waals surface area contributed by atoms with Crippen LogP contribution in [0.4, 0.5) is 4.39 Å². The third-order valence-electron chi connectivity index (χ3n) is 7.44. The Balaban J connectivity index is 1.43. The van der Waals surface area contributed by atoms with Gasteiger partial charge in [0.25, 0.3) is 0 Å². The molecule has 0 N–H and O–H groups in total. The summed E-state index contributed by atoms with van der Waals surface area (Å²) in [5, 5.41) is 0. The van der Waals surface area contributed by atoms with Gasteiger partial charge in [0.15, 0.2) is 5.82 Å². The lowest BCUT2D eigenvalue weighted by molar-refractivity contribution is 0.0734. The Morgan fingerprint density at radius 3 is 1.82 bits per heavy atom. The topological polar surface area (TPSA) is 52.1 Å². The van der Waals surface area contributed by atoms with Gasteiger partial charge in [-0.05, 0) is 73.2 Å². The van der Waals surface area contributed by atoms with E-state index in [-0.39, 0.29) is 11.4 Å². The Kier molecular flexibility index (Phi) is 14.4. The van der Waals surface area contributed by atoms with Gasteiger partial charge < -0.3 is 4.74 Å². The number of nitrogens with zero attached hydrogens (tertiary/aromatic N) is 2. The largest absolute Gasteiger partial charge is 0.423 e. The maximum absolute atomic E-state index is 14.6. The minimum Gasteiger partial charge on any atom is -0.423 e. The van der Waals surface area contributed by atoms with E-state index >= 15 is 0 Å². The van der Waals surface area contributed by atoms with Gasteiger partial charge in [-0.25, -0.2) is 19.2 Å². The van der Waals surface area contributed by atoms with Crippen LogP contribution in [0, 0.1) is 5.82 Å². The maximum Gasteiger partial charge on any atom is 0.343 e. The van der Waals surface area contributed by atoms with Crippen molar-refractivity contribution in [1.82, 2.24) is 9.97 Å². The molecule has 0 atom stereocenters. The SMILES string of the molecule is CCCCCCCCCc1cnc(-c2ccc(OC(=O)c3ccc(CCCCCCCCC)c(F)c3)cc2)nc1. The van der Waals surface area contributed by atoms with E-state index < -0.39 is 5.97 Å². The summed E-state index contributed by atoms with van der Waals surface area (Å²) in [6, 6.07) is 11.7. The zero-order valence-electron chi connectivity index (χ0n) is 24.6. The highest BCUT2D eigenvalue weighted by Crippen LogP contribution is 2.22. The van der Waals surface area contributed by atoms with E-state index in [0.717, 1.165) is 30.4 Å². The van der Waals surface area contributed by atoms with Gasteiger partial charge >= 0.3 is 5.97 Å². The fourth-order valence-electron chi connectivity index (χ4n) is 4.91. The molecule has 0 saturated heterocycles. The summed E-state index contributed by atoms with van der Waals surface area (Å²) >= 11 is 0. The Bertz CT molecular complexity index is 1130. The van der Waals surface area contributed by atoms with Crippen LogP contribution in [0.15, 0.2) is 54.9 Å². The van der Waals surface area contributed by atoms with Crippen molar-refractivity contribution in [2.45, 2.75) is 117 Å². The molecule has 2 aromatic carbocycles. The van der Waals surface area contributed by atoms with Gasteiger partial charge in [0.05, 0.1) is 5.56 Å². The fourth-order valence-corrected chi connectivity index (χ4v) is 4.91. The molecule has 0 unspecified atom stereocenters. The molecule has 3 aromatic rings. The van der Waals surface area contributed by atoms with E-state index in [1.807, 2.05) is 24.5 Å². The molecule has 1 heterocycles. The maximum atomic E-state index is 14.6. The molecule has 216 valence electrons. The molecular weight excluding hydrogens is 499 g/mol. The number of hydrogen-bond donors (Lipinski definition) is 0. The van der Waals surface area contributed by atoms with Gasteiger partial charge in [0.2, 0.25) is 0 Å². The van der Waals surface area contributed by atoms with E-state index in [1.54, 1.807) is 24.3 Å². The minimum absolute atomic E-state index is 0.213. The Labute approximate surface area is 240 Å². The quantitative estimate of drug-likeness (QED) is 0.0852. The van der Waals surface area contributed by atoms with Crippen molar-refractivity contribution in [3.8, 4) is 17.1 Å². The standard InChI is InChI=1S/C35H47FN2O2/c1-3-5-7-9-11-13-15-17-28-26-37-34(38-27-28)30-21-23-32(24-22-30)40-35(39)31-20-19-29(33(36)25-31)18-16-14-12-10-8-6-4-2/h19-27H,3-18H2,1-2H3. The highest BCUT2D eigenvalue weighted by molar-refractivity contribution is 5.91. The lowest BCUT2D eigenvalue weighted by Crippen LogP contribution is -2.09. The minimum atomic E-state index is -0.569. The molecular formula is C35H47FN2O2. The summed E-state index contributed by atoms with van der Waals surface area (Å²) < 4.78 is 20.1. The Hall–Kier alpha value is -3.08. The van der Waals surface area contributed by atoms with E-state index in [0.29, 0.717) is 23.6 Å². The average Bonchev–Trinajstić information content (AvgIpc) is 2.97. The van der Waals surface area contributed by atoms with E-state index in [4.69, 9.17) is 4.74 Å². The first-order valence-corrected chi connectivity index (χ1v) is 15.5. The predicted octanol–water partition coefficient (Wildman–Crippen LogP) is 10.1. The van der Waals surface area contributed by atoms with Crippen molar-refractivity contribution in [2.75, 3.05) is 0 Å². The normalized spacial score (nSPS) is 11.1. The first-order valence-electron chi connectivity index (χ1n) is 15.5. The highest BCUT2D eigenvalue weighted by Gasteiger charge is 2.13. The van der Waals surface area contributed by atoms with Crippen molar-refractivity contribution in [3.63, 3.8) is 0 Å². The van der Waals surface area contributed by atoms with E-state index in [2.05, 4.69) is 23.8 Å². The summed E-state index contributed by atoms with van der Waals surface area (Å²) in [6.07, 6.45) is 22.9. The molecule has 4 nitrogen and oxygen atoms in total. The van der Waals surface area contributed by atoms with Crippen LogP contribution in [0.1, 0.15) is 125 Å². The number of rotatable bonds is 19. The zero-order chi connectivity index (χ0) is 28.4. The molecule has 3 rings (SSSR count). The number of benzene rings is 2. The molecule has 0 aliphatic heterocycles. The number of halogens is 1. The van der Waals surface area contributed by atoms with E-state index in [9.17, 15) is 9.18 Å². The average molecular weight is 547 g/mol. The summed E-state index contributed by atoms with van der Waals surface area (Å²) in [7, 11) is 0. The van der Waals surface area contributed by atoms with Crippen molar-refractivity contribution in [3.05, 3.63) is 77.4 Å². The predicted molar refractivity (Wildman–Crippen MR) is 162 cm³/mol. The molecule has 1 aromatic heterocycles. The summed E-state index contributed by atoms with van der Waals surface area (Å²) in [4.78, 5) is 21.7. The number of hydrogen-bond acceptors (Lipinski definition) is 4. The van der Waals surface area contributed by atoms with Crippen LogP contribution in [-0.2, 0) is 12.8 Å². The van der Waals surface area contributed by atoms with Gasteiger partial charge in [-0.2, -0.15) is 0 Å². The van der Waals surface area contributed by atoms with Gasteiger partial charge in [-0.3, -0.25) is 0 Å². The molecule has 5 heteroatoms. The van der Waals surface area contributed by atoms with E-state index in [1.165, 1.54) is 83.1 Å². The molecule has 0 amide bonds. The summed E-state index contributed by atoms with van der Waals surface area (Å²) in [6.45, 7) is 4.46. The van der Waals surface area contributed by atoms with Gasteiger partial charge in [0.1, 0.15) is 11.6 Å². The first-order chi connectivity index (χ1) is 19.6. The van der Waals surface area contributed by atoms with Crippen molar-refractivity contribution in [2.24, 2.45) is 0 Å². The van der Waals surface area contributed by atoms with Crippen molar-refractivity contribution in [1.29, 1.82) is 0 Å². The van der Waals surface area contributed by atoms with Gasteiger partial charge in [-0.1, -0.05) is 97.0 Å². The number of aromatic nitrogens is 2. The summed E-state index contributed by atoms with van der Waals surface area (Å²) in [5.74, 6) is 0.125. The number of ether oxygens (including phenoxy) is 1. The second-order valence-electron chi connectivity index (χ2n) is 10.9. The number of unbranched alkanes of at least 4 members (excludes halogenated alkanes) is 12. The first kappa shape index (κ1) is 31.4. The second kappa shape index (κ2) is 18.3. The molecule has 0 radical (unpaired) electrons. The lowest BCUT2D eigenvalue weighted by Gasteiger charge is -2.08. The van der Waals surface area contributed by atoms with Crippen LogP contribution in [0.5, 0.6) is 5.75 Å². The molecule has 0 fully saturated rings. The molecule has 0 aliphatic carbocycles. The third kappa shape index (κ3) is 11.2. The zero-order valence-corrected chi connectivity index (χ0v) is 24.6. The molecule has 0 spiro atoms. The number of esters is 1. The molecule has 0 bridgehead atoms. The van der Waals surface area contributed by atoms with Crippen LogP contribution in [0.3, 0.4) is 0 Å². The van der Waals surface area contributed by atoms with Crippen LogP contribution in [-0.4, -0.2) is 15.9 Å². The van der Waals surface area contributed by atoms with Crippen molar-refractivity contribution < 1.29 is 13.9 Å². The monoisotopic (exact) mass is 546 g/mol. The van der Waals surface area contributed by atoms with Gasteiger partial charge in [0, 0.05) is 18.0 Å². The van der Waals surface area contributed by atoms with Crippen LogP contribution < -0.4 is 4.74 Å². The van der Waals surface area contributed by atoms with Crippen LogP contribution in [0.25, 0.3) is 11.4 Å². The lowest BCUT2D eigenvalue weighted by atomic mass is 10.0. The Morgan fingerprint density at radius 2 is 1.25 bits per heavy atom. The number of carbonyl (C=O) groups is 1. The Morgan fingerprint density at radius 1 is 0.700 bits per heavy atom. The number of aryl methyl sites for hydroxylation is 2. The van der Waals surface area contributed by atoms with Crippen molar-refractivity contribution >= 4 is 5.97 Å². The molecule has 0 saturated carbocycles. The summed E-state index contributed by atoms with van der Waals surface area (Å²) in [5.41, 5.74) is 2.87. The highest BCUT2D eigenvalue weighted by atomic mass is 19.1. The molecule has 0 aliphatic rings. The molecule has 40 heavy (non-hydrogen) atoms. The second-order valence-corrected chi connectivity index (χ2v) is 10.9. The fraction of sp³-hybridized carbons (Fsp3) is 0.514. The van der Waals surface area contributed by atoms with Crippen LogP contribution in [0.2, 0.25) is 0 Å². The third-order valence-corrected chi connectivity index (χ3v) is 7.44. The van der Waals surface area contributed by atoms with Crippen LogP contribution >= 0.6 is 0 Å². The number of carbonyl (C=O) groups excluding carboxylic acids is 1. The van der Waals surface area contributed by atoms with Gasteiger partial charge in [-0.15, -0.1) is 0 Å². The smallest absolute Gasteiger partial charge is 0.343 e.